The highest BCUT2D eigenvalue weighted by atomic mass is 32.2. The lowest BCUT2D eigenvalue weighted by Gasteiger charge is -2.09. The lowest BCUT2D eigenvalue weighted by molar-refractivity contribution is 0.325. The van der Waals surface area contributed by atoms with Crippen molar-refractivity contribution in [3.63, 3.8) is 0 Å². The SMILES string of the molecule is C=CCCOc1ccc(S(=O)(=O)NCc2ccc(-c3cccs3)cc2)cc1. The Hall–Kier alpha value is -2.41. The molecule has 0 radical (unpaired) electrons. The van der Waals surface area contributed by atoms with E-state index in [9.17, 15) is 8.42 Å². The molecule has 0 aliphatic heterocycles. The van der Waals surface area contributed by atoms with E-state index >= 15 is 0 Å². The summed E-state index contributed by atoms with van der Waals surface area (Å²) in [5, 5.41) is 2.03. The van der Waals surface area contributed by atoms with Gasteiger partial charge in [-0.15, -0.1) is 17.9 Å². The molecule has 1 aromatic heterocycles. The molecule has 0 spiro atoms. The smallest absolute Gasteiger partial charge is 0.240 e. The molecule has 0 amide bonds. The molecule has 0 fully saturated rings. The highest BCUT2D eigenvalue weighted by molar-refractivity contribution is 7.89. The largest absolute Gasteiger partial charge is 0.493 e. The number of benzene rings is 2. The van der Waals surface area contributed by atoms with Crippen LogP contribution < -0.4 is 9.46 Å². The van der Waals surface area contributed by atoms with Crippen LogP contribution in [0.1, 0.15) is 12.0 Å². The molecule has 6 heteroatoms. The van der Waals surface area contributed by atoms with Crippen LogP contribution in [0.3, 0.4) is 0 Å². The van der Waals surface area contributed by atoms with Gasteiger partial charge in [0.25, 0.3) is 0 Å². The van der Waals surface area contributed by atoms with Crippen LogP contribution in [-0.2, 0) is 16.6 Å². The molecular formula is C21H21NO3S2. The molecule has 0 aliphatic carbocycles. The van der Waals surface area contributed by atoms with E-state index in [4.69, 9.17) is 4.74 Å². The van der Waals surface area contributed by atoms with Crippen LogP contribution in [0.25, 0.3) is 10.4 Å². The van der Waals surface area contributed by atoms with Crippen molar-refractivity contribution in [2.24, 2.45) is 0 Å². The normalized spacial score (nSPS) is 11.3. The van der Waals surface area contributed by atoms with Crippen LogP contribution in [-0.4, -0.2) is 15.0 Å². The van der Waals surface area contributed by atoms with Gasteiger partial charge in [-0.2, -0.15) is 0 Å². The van der Waals surface area contributed by atoms with Crippen LogP contribution in [0, 0.1) is 0 Å². The lowest BCUT2D eigenvalue weighted by atomic mass is 10.1. The van der Waals surface area contributed by atoms with Crippen molar-refractivity contribution in [3.05, 3.63) is 84.3 Å². The van der Waals surface area contributed by atoms with Crippen LogP contribution in [0.2, 0.25) is 0 Å². The minimum Gasteiger partial charge on any atom is -0.493 e. The van der Waals surface area contributed by atoms with Gasteiger partial charge in [0.1, 0.15) is 5.75 Å². The van der Waals surface area contributed by atoms with Crippen LogP contribution >= 0.6 is 11.3 Å². The van der Waals surface area contributed by atoms with E-state index in [1.54, 1.807) is 41.7 Å². The maximum atomic E-state index is 12.5. The third-order valence-electron chi connectivity index (χ3n) is 3.95. The summed E-state index contributed by atoms with van der Waals surface area (Å²) in [6, 6.07) is 18.4. The van der Waals surface area contributed by atoms with Gasteiger partial charge < -0.3 is 4.74 Å². The molecule has 0 bridgehead atoms. The minimum absolute atomic E-state index is 0.216. The average Bonchev–Trinajstić information content (AvgIpc) is 3.22. The number of hydrogen-bond acceptors (Lipinski definition) is 4. The van der Waals surface area contributed by atoms with Gasteiger partial charge in [0.05, 0.1) is 11.5 Å². The Balaban J connectivity index is 1.60. The summed E-state index contributed by atoms with van der Waals surface area (Å²) in [6.45, 7) is 4.40. The van der Waals surface area contributed by atoms with Gasteiger partial charge in [-0.05, 0) is 53.3 Å². The van der Waals surface area contributed by atoms with E-state index in [-0.39, 0.29) is 11.4 Å². The Kier molecular flexibility index (Phi) is 6.45. The fourth-order valence-electron chi connectivity index (χ4n) is 2.47. The fraction of sp³-hybridized carbons (Fsp3) is 0.143. The van der Waals surface area contributed by atoms with E-state index in [2.05, 4.69) is 17.4 Å². The quantitative estimate of drug-likeness (QED) is 0.413. The second-order valence-electron chi connectivity index (χ2n) is 5.90. The second kappa shape index (κ2) is 8.99. The summed E-state index contributed by atoms with van der Waals surface area (Å²) in [5.74, 6) is 0.639. The number of ether oxygens (including phenoxy) is 1. The molecule has 1 heterocycles. The maximum absolute atomic E-state index is 12.5. The molecule has 1 N–H and O–H groups in total. The molecular weight excluding hydrogens is 378 g/mol. The Morgan fingerprint density at radius 2 is 1.78 bits per heavy atom. The zero-order valence-corrected chi connectivity index (χ0v) is 16.4. The van der Waals surface area contributed by atoms with Crippen LogP contribution in [0.5, 0.6) is 5.75 Å². The van der Waals surface area contributed by atoms with E-state index in [0.29, 0.717) is 12.4 Å². The molecule has 4 nitrogen and oxygen atoms in total. The molecule has 0 aliphatic rings. The first-order valence-electron chi connectivity index (χ1n) is 8.55. The number of hydrogen-bond donors (Lipinski definition) is 1. The highest BCUT2D eigenvalue weighted by Crippen LogP contribution is 2.24. The fourth-order valence-corrected chi connectivity index (χ4v) is 4.22. The predicted molar refractivity (Wildman–Crippen MR) is 111 cm³/mol. The summed E-state index contributed by atoms with van der Waals surface area (Å²) in [4.78, 5) is 1.41. The summed E-state index contributed by atoms with van der Waals surface area (Å²) >= 11 is 1.68. The summed E-state index contributed by atoms with van der Waals surface area (Å²) < 4.78 is 33.1. The maximum Gasteiger partial charge on any atom is 0.240 e. The van der Waals surface area contributed by atoms with Crippen molar-refractivity contribution < 1.29 is 13.2 Å². The first kappa shape index (κ1) is 19.4. The third kappa shape index (κ3) is 5.29. The van der Waals surface area contributed by atoms with Crippen molar-refractivity contribution in [1.29, 1.82) is 0 Å². The zero-order valence-electron chi connectivity index (χ0n) is 14.8. The second-order valence-corrected chi connectivity index (χ2v) is 8.61. The average molecular weight is 400 g/mol. The highest BCUT2D eigenvalue weighted by Gasteiger charge is 2.13. The van der Waals surface area contributed by atoms with E-state index in [0.717, 1.165) is 17.5 Å². The van der Waals surface area contributed by atoms with Gasteiger partial charge in [-0.3, -0.25) is 0 Å². The van der Waals surface area contributed by atoms with Crippen molar-refractivity contribution in [1.82, 2.24) is 4.72 Å². The van der Waals surface area contributed by atoms with E-state index in [1.807, 2.05) is 35.7 Å². The van der Waals surface area contributed by atoms with Crippen LogP contribution in [0.4, 0.5) is 0 Å². The van der Waals surface area contributed by atoms with E-state index < -0.39 is 10.0 Å². The molecule has 3 rings (SSSR count). The molecule has 2 aromatic carbocycles. The van der Waals surface area contributed by atoms with Gasteiger partial charge in [-0.1, -0.05) is 36.4 Å². The molecule has 0 atom stereocenters. The Bertz CT molecular complexity index is 961. The zero-order chi connectivity index (χ0) is 19.1. The van der Waals surface area contributed by atoms with Crippen molar-refractivity contribution in [2.45, 2.75) is 17.9 Å². The number of sulfonamides is 1. The standard InChI is InChI=1S/C21H21NO3S2/c1-2-3-14-25-19-10-12-20(13-11-19)27(23,24)22-16-17-6-8-18(9-7-17)21-5-4-15-26-21/h2,4-13,15,22H,1,3,14,16H2. The van der Waals surface area contributed by atoms with Crippen molar-refractivity contribution in [2.75, 3.05) is 6.61 Å². The number of thiophene rings is 1. The summed E-state index contributed by atoms with van der Waals surface area (Å²) in [6.07, 6.45) is 2.52. The van der Waals surface area contributed by atoms with Crippen LogP contribution in [0.15, 0.2) is 83.6 Å². The van der Waals surface area contributed by atoms with Crippen molar-refractivity contribution >= 4 is 21.4 Å². The molecule has 140 valence electrons. The molecule has 0 saturated carbocycles. The van der Waals surface area contributed by atoms with Gasteiger partial charge in [0.15, 0.2) is 0 Å². The first-order valence-corrected chi connectivity index (χ1v) is 10.9. The molecule has 27 heavy (non-hydrogen) atoms. The van der Waals surface area contributed by atoms with Gasteiger partial charge in [-0.25, -0.2) is 13.1 Å². The molecule has 0 unspecified atom stereocenters. The van der Waals surface area contributed by atoms with Gasteiger partial charge in [0, 0.05) is 11.4 Å². The topological polar surface area (TPSA) is 55.4 Å². The summed E-state index contributed by atoms with van der Waals surface area (Å²) in [5.41, 5.74) is 2.03. The summed E-state index contributed by atoms with van der Waals surface area (Å²) in [7, 11) is -3.57. The van der Waals surface area contributed by atoms with Gasteiger partial charge in [0.2, 0.25) is 10.0 Å². The number of nitrogens with one attached hydrogen (secondary N) is 1. The molecule has 0 saturated heterocycles. The number of rotatable bonds is 9. The lowest BCUT2D eigenvalue weighted by Crippen LogP contribution is -2.23. The Labute approximate surface area is 164 Å². The van der Waals surface area contributed by atoms with E-state index in [1.165, 1.54) is 4.88 Å². The van der Waals surface area contributed by atoms with Gasteiger partial charge >= 0.3 is 0 Å². The minimum atomic E-state index is -3.57. The first-order chi connectivity index (χ1) is 13.1. The predicted octanol–water partition coefficient (Wildman–Crippen LogP) is 4.85. The monoisotopic (exact) mass is 399 g/mol. The van der Waals surface area contributed by atoms with Crippen molar-refractivity contribution in [3.8, 4) is 16.2 Å². The third-order valence-corrected chi connectivity index (χ3v) is 6.29. The Morgan fingerprint density at radius 1 is 1.04 bits per heavy atom. The molecule has 3 aromatic rings. The Morgan fingerprint density at radius 3 is 2.41 bits per heavy atom.